The van der Waals surface area contributed by atoms with E-state index in [0.29, 0.717) is 6.61 Å². The highest BCUT2D eigenvalue weighted by atomic mass is 16.5. The molecule has 3 aromatic rings. The van der Waals surface area contributed by atoms with Crippen molar-refractivity contribution >= 4 is 0 Å². The van der Waals surface area contributed by atoms with E-state index in [9.17, 15) is 5.11 Å². The highest BCUT2D eigenvalue weighted by Gasteiger charge is 2.00. The number of aliphatic hydroxyl groups excluding tert-OH is 1. The van der Waals surface area contributed by atoms with Gasteiger partial charge in [0.1, 0.15) is 12.4 Å². The molecule has 0 aliphatic carbocycles. The van der Waals surface area contributed by atoms with Crippen LogP contribution in [0.1, 0.15) is 11.1 Å². The molecule has 0 saturated carbocycles. The smallest absolute Gasteiger partial charge is 0.119 e. The highest BCUT2D eigenvalue weighted by Crippen LogP contribution is 2.23. The van der Waals surface area contributed by atoms with Crippen LogP contribution in [0.25, 0.3) is 11.1 Å². The molecule has 22 heavy (non-hydrogen) atoms. The van der Waals surface area contributed by atoms with E-state index in [1.54, 1.807) is 0 Å². The van der Waals surface area contributed by atoms with Gasteiger partial charge in [-0.1, -0.05) is 60.7 Å². The molecule has 0 heterocycles. The summed E-state index contributed by atoms with van der Waals surface area (Å²) in [6, 6.07) is 26.1. The maximum Gasteiger partial charge on any atom is 0.119 e. The molecule has 3 aromatic carbocycles. The molecule has 0 aliphatic rings. The molecule has 0 saturated heterocycles. The number of hydrogen-bond donors (Lipinski definition) is 1. The lowest BCUT2D eigenvalue weighted by atomic mass is 10.0. The predicted molar refractivity (Wildman–Crippen MR) is 88.6 cm³/mol. The topological polar surface area (TPSA) is 29.5 Å². The monoisotopic (exact) mass is 290 g/mol. The van der Waals surface area contributed by atoms with E-state index in [2.05, 4.69) is 12.1 Å². The first kappa shape index (κ1) is 14.4. The summed E-state index contributed by atoms with van der Waals surface area (Å²) < 4.78 is 5.79. The number of ether oxygens (including phenoxy) is 1. The molecule has 0 atom stereocenters. The van der Waals surface area contributed by atoms with Crippen molar-refractivity contribution in [3.63, 3.8) is 0 Å². The Bertz CT molecular complexity index is 718. The second kappa shape index (κ2) is 6.92. The summed E-state index contributed by atoms with van der Waals surface area (Å²) in [5, 5.41) is 9.21. The van der Waals surface area contributed by atoms with Crippen LogP contribution in [-0.2, 0) is 13.2 Å². The highest BCUT2D eigenvalue weighted by molar-refractivity contribution is 5.64. The second-order valence-corrected chi connectivity index (χ2v) is 5.16. The zero-order chi connectivity index (χ0) is 15.2. The van der Waals surface area contributed by atoms with Crippen molar-refractivity contribution in [2.24, 2.45) is 0 Å². The van der Waals surface area contributed by atoms with E-state index in [4.69, 9.17) is 4.74 Å². The molecule has 1 N–H and O–H groups in total. The van der Waals surface area contributed by atoms with Crippen molar-refractivity contribution in [1.29, 1.82) is 0 Å². The van der Waals surface area contributed by atoms with Crippen molar-refractivity contribution in [3.05, 3.63) is 90.0 Å². The lowest BCUT2D eigenvalue weighted by molar-refractivity contribution is 0.282. The summed E-state index contributed by atoms with van der Waals surface area (Å²) in [6.45, 7) is 0.631. The van der Waals surface area contributed by atoms with Gasteiger partial charge in [0.05, 0.1) is 6.61 Å². The minimum atomic E-state index is 0.0616. The summed E-state index contributed by atoms with van der Waals surface area (Å²) >= 11 is 0. The normalized spacial score (nSPS) is 10.4. The maximum atomic E-state index is 9.21. The van der Waals surface area contributed by atoms with Gasteiger partial charge >= 0.3 is 0 Å². The fourth-order valence-electron chi connectivity index (χ4n) is 2.33. The molecule has 0 amide bonds. The lowest BCUT2D eigenvalue weighted by Gasteiger charge is -2.08. The van der Waals surface area contributed by atoms with Crippen LogP contribution in [0.4, 0.5) is 0 Å². The molecule has 0 aliphatic heterocycles. The Morgan fingerprint density at radius 3 is 2.14 bits per heavy atom. The molecule has 2 nitrogen and oxygen atoms in total. The molecular formula is C20H18O2. The summed E-state index contributed by atoms with van der Waals surface area (Å²) in [6.07, 6.45) is 0. The largest absolute Gasteiger partial charge is 0.489 e. The molecule has 0 aromatic heterocycles. The van der Waals surface area contributed by atoms with E-state index < -0.39 is 0 Å². The summed E-state index contributed by atoms with van der Waals surface area (Å²) in [4.78, 5) is 0. The fraction of sp³-hybridized carbons (Fsp3) is 0.100. The molecular weight excluding hydrogens is 272 g/mol. The average Bonchev–Trinajstić information content (AvgIpc) is 2.61. The van der Waals surface area contributed by atoms with E-state index in [1.807, 2.05) is 66.7 Å². The van der Waals surface area contributed by atoms with Gasteiger partial charge in [0.15, 0.2) is 0 Å². The zero-order valence-corrected chi connectivity index (χ0v) is 12.3. The number of benzene rings is 3. The van der Waals surface area contributed by atoms with Crippen molar-refractivity contribution in [2.75, 3.05) is 0 Å². The van der Waals surface area contributed by atoms with Crippen LogP contribution in [0.2, 0.25) is 0 Å². The average molecular weight is 290 g/mol. The third-order valence-corrected chi connectivity index (χ3v) is 3.55. The van der Waals surface area contributed by atoms with Crippen LogP contribution >= 0.6 is 0 Å². The van der Waals surface area contributed by atoms with Crippen molar-refractivity contribution < 1.29 is 9.84 Å². The summed E-state index contributed by atoms with van der Waals surface area (Å²) in [5.74, 6) is 0.853. The first-order valence-electron chi connectivity index (χ1n) is 7.32. The molecule has 0 unspecified atom stereocenters. The number of rotatable bonds is 5. The van der Waals surface area contributed by atoms with Crippen molar-refractivity contribution in [2.45, 2.75) is 13.2 Å². The van der Waals surface area contributed by atoms with Crippen LogP contribution in [0.3, 0.4) is 0 Å². The minimum absolute atomic E-state index is 0.0616. The van der Waals surface area contributed by atoms with E-state index in [0.717, 1.165) is 28.0 Å². The molecule has 0 bridgehead atoms. The van der Waals surface area contributed by atoms with Crippen LogP contribution in [0.15, 0.2) is 78.9 Å². The minimum Gasteiger partial charge on any atom is -0.489 e. The number of aliphatic hydroxyl groups is 1. The van der Waals surface area contributed by atoms with Crippen LogP contribution in [-0.4, -0.2) is 5.11 Å². The molecule has 0 radical (unpaired) electrons. The van der Waals surface area contributed by atoms with Crippen molar-refractivity contribution in [1.82, 2.24) is 0 Å². The summed E-state index contributed by atoms with van der Waals surface area (Å²) in [5.41, 5.74) is 4.28. The first-order chi connectivity index (χ1) is 10.8. The molecule has 0 fully saturated rings. The fourth-order valence-corrected chi connectivity index (χ4v) is 2.33. The van der Waals surface area contributed by atoms with E-state index in [-0.39, 0.29) is 6.61 Å². The second-order valence-electron chi connectivity index (χ2n) is 5.16. The Balaban J connectivity index is 1.69. The predicted octanol–water partition coefficient (Wildman–Crippen LogP) is 4.42. The van der Waals surface area contributed by atoms with Gasteiger partial charge in [-0.15, -0.1) is 0 Å². The van der Waals surface area contributed by atoms with Crippen LogP contribution < -0.4 is 4.74 Å². The first-order valence-corrected chi connectivity index (χ1v) is 7.32. The van der Waals surface area contributed by atoms with Gasteiger partial charge in [0.2, 0.25) is 0 Å². The standard InChI is InChI=1S/C20H18O2/c21-14-17-7-4-8-19(13-17)18-9-11-20(12-10-18)22-15-16-5-2-1-3-6-16/h1-13,21H,14-15H2. The number of hydrogen-bond acceptors (Lipinski definition) is 2. The van der Waals surface area contributed by atoms with Gasteiger partial charge in [0.25, 0.3) is 0 Å². The Labute approximate surface area is 130 Å². The Morgan fingerprint density at radius 2 is 1.41 bits per heavy atom. The van der Waals surface area contributed by atoms with E-state index >= 15 is 0 Å². The maximum absolute atomic E-state index is 9.21. The zero-order valence-electron chi connectivity index (χ0n) is 12.3. The lowest BCUT2D eigenvalue weighted by Crippen LogP contribution is -1.94. The molecule has 3 rings (SSSR count). The molecule has 110 valence electrons. The quantitative estimate of drug-likeness (QED) is 0.753. The Kier molecular flexibility index (Phi) is 4.52. The van der Waals surface area contributed by atoms with Gasteiger partial charge < -0.3 is 9.84 Å². The van der Waals surface area contributed by atoms with Gasteiger partial charge in [-0.25, -0.2) is 0 Å². The van der Waals surface area contributed by atoms with Crippen LogP contribution in [0.5, 0.6) is 5.75 Å². The molecule has 2 heteroatoms. The Morgan fingerprint density at radius 1 is 0.682 bits per heavy atom. The van der Waals surface area contributed by atoms with Crippen molar-refractivity contribution in [3.8, 4) is 16.9 Å². The van der Waals surface area contributed by atoms with Gasteiger partial charge in [-0.2, -0.15) is 0 Å². The van der Waals surface area contributed by atoms with Gasteiger partial charge in [-0.3, -0.25) is 0 Å². The van der Waals surface area contributed by atoms with Crippen LogP contribution in [0, 0.1) is 0 Å². The Hall–Kier alpha value is -2.58. The SMILES string of the molecule is OCc1cccc(-c2ccc(OCc3ccccc3)cc2)c1. The molecule has 0 spiro atoms. The third-order valence-electron chi connectivity index (χ3n) is 3.55. The third kappa shape index (κ3) is 3.54. The summed E-state index contributed by atoms with van der Waals surface area (Å²) in [7, 11) is 0. The van der Waals surface area contributed by atoms with Gasteiger partial charge in [-0.05, 0) is 40.5 Å². The van der Waals surface area contributed by atoms with Gasteiger partial charge in [0, 0.05) is 0 Å². The van der Waals surface area contributed by atoms with E-state index in [1.165, 1.54) is 0 Å².